The number of nitro groups is 1. The van der Waals surface area contributed by atoms with Gasteiger partial charge in [-0.3, -0.25) is 19.7 Å². The van der Waals surface area contributed by atoms with Crippen molar-refractivity contribution in [3.05, 3.63) is 69.2 Å². The summed E-state index contributed by atoms with van der Waals surface area (Å²) in [6.07, 6.45) is 0. The van der Waals surface area contributed by atoms with Crippen LogP contribution in [-0.2, 0) is 4.79 Å². The van der Waals surface area contributed by atoms with Crippen molar-refractivity contribution in [1.82, 2.24) is 5.32 Å². The van der Waals surface area contributed by atoms with E-state index in [1.165, 1.54) is 36.4 Å². The number of benzene rings is 2. The van der Waals surface area contributed by atoms with Gasteiger partial charge >= 0.3 is 0 Å². The predicted molar refractivity (Wildman–Crippen MR) is 85.5 cm³/mol. The van der Waals surface area contributed by atoms with E-state index in [1.54, 1.807) is 12.1 Å². The Labute approximate surface area is 136 Å². The van der Waals surface area contributed by atoms with Crippen LogP contribution in [0, 0.1) is 10.1 Å². The van der Waals surface area contributed by atoms with Crippen LogP contribution in [0.2, 0.25) is 5.02 Å². The Hall–Kier alpha value is -2.93. The molecule has 0 heterocycles. The zero-order chi connectivity index (χ0) is 16.8. The average molecular weight is 334 g/mol. The molecule has 0 saturated carbocycles. The van der Waals surface area contributed by atoms with E-state index in [4.69, 9.17) is 11.6 Å². The Morgan fingerprint density at radius 2 is 1.83 bits per heavy atom. The van der Waals surface area contributed by atoms with E-state index in [0.29, 0.717) is 10.6 Å². The number of non-ortho nitro benzene ring substituents is 1. The lowest BCUT2D eigenvalue weighted by molar-refractivity contribution is -0.384. The van der Waals surface area contributed by atoms with Gasteiger partial charge in [-0.15, -0.1) is 0 Å². The van der Waals surface area contributed by atoms with Crippen LogP contribution in [0.3, 0.4) is 0 Å². The molecule has 0 fully saturated rings. The summed E-state index contributed by atoms with van der Waals surface area (Å²) in [5, 5.41) is 16.1. The maximum absolute atomic E-state index is 11.8. The van der Waals surface area contributed by atoms with E-state index in [0.717, 1.165) is 0 Å². The van der Waals surface area contributed by atoms with E-state index in [9.17, 15) is 19.7 Å². The summed E-state index contributed by atoms with van der Waals surface area (Å²) in [6.45, 7) is -0.260. The molecule has 0 radical (unpaired) electrons. The van der Waals surface area contributed by atoms with Gasteiger partial charge in [-0.25, -0.2) is 0 Å². The van der Waals surface area contributed by atoms with Crippen molar-refractivity contribution in [2.24, 2.45) is 0 Å². The molecule has 2 rings (SSSR count). The van der Waals surface area contributed by atoms with Crippen LogP contribution in [-0.4, -0.2) is 23.3 Å². The number of carbonyl (C=O) groups is 2. The molecule has 2 aromatic rings. The minimum Gasteiger partial charge on any atom is -0.343 e. The molecule has 0 bridgehead atoms. The van der Waals surface area contributed by atoms with Crippen LogP contribution in [0.15, 0.2) is 48.5 Å². The van der Waals surface area contributed by atoms with Crippen molar-refractivity contribution in [3.63, 3.8) is 0 Å². The molecule has 0 spiro atoms. The normalized spacial score (nSPS) is 9.96. The second-order valence-corrected chi connectivity index (χ2v) is 4.98. The van der Waals surface area contributed by atoms with Gasteiger partial charge in [0.05, 0.1) is 11.5 Å². The quantitative estimate of drug-likeness (QED) is 0.648. The molecule has 0 aromatic heterocycles. The molecule has 0 unspecified atom stereocenters. The van der Waals surface area contributed by atoms with Gasteiger partial charge in [-0.05, 0) is 30.3 Å². The van der Waals surface area contributed by atoms with E-state index in [-0.39, 0.29) is 17.9 Å². The van der Waals surface area contributed by atoms with Crippen LogP contribution in [0.5, 0.6) is 0 Å². The molecule has 8 heteroatoms. The highest BCUT2D eigenvalue weighted by atomic mass is 35.5. The lowest BCUT2D eigenvalue weighted by atomic mass is 10.2. The summed E-state index contributed by atoms with van der Waals surface area (Å²) >= 11 is 5.73. The molecular formula is C15H12ClN3O4. The second kappa shape index (κ2) is 7.37. The number of nitrogens with zero attached hydrogens (tertiary/aromatic N) is 1. The largest absolute Gasteiger partial charge is 0.343 e. The molecule has 23 heavy (non-hydrogen) atoms. The molecule has 0 aliphatic heterocycles. The minimum absolute atomic E-state index is 0.131. The van der Waals surface area contributed by atoms with Crippen LogP contribution < -0.4 is 10.6 Å². The molecule has 2 N–H and O–H groups in total. The summed E-state index contributed by atoms with van der Waals surface area (Å²) in [5.41, 5.74) is 0.524. The number of carbonyl (C=O) groups excluding carboxylic acids is 2. The minimum atomic E-state index is -0.558. The molecule has 118 valence electrons. The van der Waals surface area contributed by atoms with Crippen LogP contribution in [0.1, 0.15) is 10.4 Å². The smallest absolute Gasteiger partial charge is 0.271 e. The van der Waals surface area contributed by atoms with Crippen molar-refractivity contribution in [2.45, 2.75) is 0 Å². The van der Waals surface area contributed by atoms with E-state index in [1.807, 2.05) is 0 Å². The molecule has 2 aromatic carbocycles. The van der Waals surface area contributed by atoms with Gasteiger partial charge < -0.3 is 10.6 Å². The third kappa shape index (κ3) is 4.79. The van der Waals surface area contributed by atoms with E-state index in [2.05, 4.69) is 10.6 Å². The third-order valence-corrected chi connectivity index (χ3v) is 3.11. The Morgan fingerprint density at radius 1 is 1.13 bits per heavy atom. The Bertz CT molecular complexity index is 747. The number of anilines is 1. The van der Waals surface area contributed by atoms with Crippen LogP contribution in [0.25, 0.3) is 0 Å². The number of nitrogens with one attached hydrogen (secondary N) is 2. The second-order valence-electron chi connectivity index (χ2n) is 4.55. The highest BCUT2D eigenvalue weighted by Gasteiger charge is 2.10. The first-order chi connectivity index (χ1) is 11.0. The van der Waals surface area contributed by atoms with E-state index < -0.39 is 16.7 Å². The van der Waals surface area contributed by atoms with Gasteiger partial charge in [0.2, 0.25) is 5.91 Å². The lowest BCUT2D eigenvalue weighted by Gasteiger charge is -2.07. The zero-order valence-corrected chi connectivity index (χ0v) is 12.5. The third-order valence-electron chi connectivity index (χ3n) is 2.86. The Balaban J connectivity index is 1.90. The molecule has 0 aliphatic carbocycles. The maximum atomic E-state index is 11.8. The number of hydrogen-bond acceptors (Lipinski definition) is 4. The van der Waals surface area contributed by atoms with Gasteiger partial charge in [0, 0.05) is 28.4 Å². The zero-order valence-electron chi connectivity index (χ0n) is 11.8. The topological polar surface area (TPSA) is 101 Å². The Morgan fingerprint density at radius 3 is 2.48 bits per heavy atom. The first-order valence-electron chi connectivity index (χ1n) is 6.54. The number of amides is 2. The summed E-state index contributed by atoms with van der Waals surface area (Å²) < 4.78 is 0. The van der Waals surface area contributed by atoms with Gasteiger partial charge in [0.25, 0.3) is 11.6 Å². The maximum Gasteiger partial charge on any atom is 0.271 e. The van der Waals surface area contributed by atoms with Gasteiger partial charge in [0.15, 0.2) is 0 Å². The summed E-state index contributed by atoms with van der Waals surface area (Å²) in [4.78, 5) is 33.7. The van der Waals surface area contributed by atoms with Crippen molar-refractivity contribution in [2.75, 3.05) is 11.9 Å². The number of nitro benzene ring substituents is 1. The molecule has 0 saturated heterocycles. The van der Waals surface area contributed by atoms with Gasteiger partial charge in [-0.1, -0.05) is 17.7 Å². The highest BCUT2D eigenvalue weighted by Crippen LogP contribution is 2.16. The average Bonchev–Trinajstić information content (AvgIpc) is 2.53. The predicted octanol–water partition coefficient (Wildman–Crippen LogP) is 2.62. The molecule has 0 aliphatic rings. The first-order valence-corrected chi connectivity index (χ1v) is 6.91. The molecular weight excluding hydrogens is 322 g/mol. The fourth-order valence-corrected chi connectivity index (χ4v) is 1.89. The fourth-order valence-electron chi connectivity index (χ4n) is 1.77. The van der Waals surface area contributed by atoms with Crippen LogP contribution >= 0.6 is 11.6 Å². The molecule has 0 atom stereocenters. The van der Waals surface area contributed by atoms with Crippen LogP contribution in [0.4, 0.5) is 11.4 Å². The number of rotatable bonds is 5. The lowest BCUT2D eigenvalue weighted by Crippen LogP contribution is -2.32. The number of hydrogen-bond donors (Lipinski definition) is 2. The van der Waals surface area contributed by atoms with Crippen molar-refractivity contribution < 1.29 is 14.5 Å². The highest BCUT2D eigenvalue weighted by molar-refractivity contribution is 6.30. The standard InChI is InChI=1S/C15H12ClN3O4/c16-11-6-4-10(5-7-11)15(21)17-9-14(20)18-12-2-1-3-13(8-12)19(22)23/h1-8H,9H2,(H,17,21)(H,18,20). The van der Waals surface area contributed by atoms with Crippen molar-refractivity contribution >= 4 is 34.8 Å². The van der Waals surface area contributed by atoms with Gasteiger partial charge in [-0.2, -0.15) is 0 Å². The van der Waals surface area contributed by atoms with Crippen molar-refractivity contribution in [3.8, 4) is 0 Å². The van der Waals surface area contributed by atoms with E-state index >= 15 is 0 Å². The monoisotopic (exact) mass is 333 g/mol. The Kier molecular flexibility index (Phi) is 5.27. The summed E-state index contributed by atoms with van der Waals surface area (Å²) in [5.74, 6) is -0.913. The van der Waals surface area contributed by atoms with Crippen molar-refractivity contribution in [1.29, 1.82) is 0 Å². The molecule has 2 amide bonds. The molecule has 7 nitrogen and oxygen atoms in total. The fraction of sp³-hybridized carbons (Fsp3) is 0.0667. The van der Waals surface area contributed by atoms with Gasteiger partial charge in [0.1, 0.15) is 0 Å². The number of halogens is 1. The SMILES string of the molecule is O=C(CNC(=O)c1ccc(Cl)cc1)Nc1cccc([N+](=O)[O-])c1. The summed E-state index contributed by atoms with van der Waals surface area (Å²) in [7, 11) is 0. The summed E-state index contributed by atoms with van der Waals surface area (Å²) in [6, 6.07) is 11.7. The first kappa shape index (κ1) is 16.4.